The van der Waals surface area contributed by atoms with E-state index in [0.717, 1.165) is 0 Å². The molecule has 1 fully saturated rings. The van der Waals surface area contributed by atoms with Crippen LogP contribution in [0.25, 0.3) is 0 Å². The Bertz CT molecular complexity index is 561. The molecule has 2 amide bonds. The van der Waals surface area contributed by atoms with Gasteiger partial charge in [0.15, 0.2) is 0 Å². The van der Waals surface area contributed by atoms with Gasteiger partial charge in [-0.1, -0.05) is 6.07 Å². The highest BCUT2D eigenvalue weighted by Crippen LogP contribution is 2.12. The number of likely N-dealkylation sites (tertiary alicyclic amines) is 1. The van der Waals surface area contributed by atoms with E-state index in [1.165, 1.54) is 12.1 Å². The van der Waals surface area contributed by atoms with Crippen molar-refractivity contribution < 1.29 is 14.3 Å². The zero-order chi connectivity index (χ0) is 15.2. The van der Waals surface area contributed by atoms with Gasteiger partial charge in [-0.25, -0.2) is 4.79 Å². The van der Waals surface area contributed by atoms with Gasteiger partial charge in [0.05, 0.1) is 6.61 Å². The number of amides is 2. The van der Waals surface area contributed by atoms with Gasteiger partial charge in [0.25, 0.3) is 5.91 Å². The number of hydrogen-bond donors (Lipinski definition) is 2. The van der Waals surface area contributed by atoms with E-state index >= 15 is 0 Å². The van der Waals surface area contributed by atoms with Crippen LogP contribution in [0.3, 0.4) is 0 Å². The lowest BCUT2D eigenvalue weighted by atomic mass is 10.1. The third kappa shape index (κ3) is 4.08. The molecule has 2 heterocycles. The van der Waals surface area contributed by atoms with Crippen molar-refractivity contribution in [1.29, 1.82) is 0 Å². The van der Waals surface area contributed by atoms with Gasteiger partial charge < -0.3 is 19.9 Å². The standard InChI is InChI=1S/C14H19N3O4/c1-2-21-14(20)17-8-6-10(7-9-17)15-13(19)11-4-3-5-12(18)16-11/h3-5,10H,2,6-9H2,1H3,(H,15,19)(H,16,18). The molecule has 21 heavy (non-hydrogen) atoms. The van der Waals surface area contributed by atoms with Crippen LogP contribution in [-0.2, 0) is 4.74 Å². The molecule has 1 aromatic heterocycles. The molecular weight excluding hydrogens is 274 g/mol. The quantitative estimate of drug-likeness (QED) is 0.859. The summed E-state index contributed by atoms with van der Waals surface area (Å²) in [6, 6.07) is 4.45. The minimum atomic E-state index is -0.310. The molecule has 1 saturated heterocycles. The maximum absolute atomic E-state index is 12.0. The van der Waals surface area contributed by atoms with Gasteiger partial charge in [0.1, 0.15) is 5.69 Å². The Balaban J connectivity index is 1.85. The van der Waals surface area contributed by atoms with Crippen LogP contribution in [0.4, 0.5) is 4.79 Å². The molecule has 7 nitrogen and oxygen atoms in total. The average Bonchev–Trinajstić information content (AvgIpc) is 2.48. The molecule has 2 N–H and O–H groups in total. The van der Waals surface area contributed by atoms with Crippen molar-refractivity contribution in [2.75, 3.05) is 19.7 Å². The van der Waals surface area contributed by atoms with E-state index in [0.29, 0.717) is 32.5 Å². The second-order valence-electron chi connectivity index (χ2n) is 4.86. The van der Waals surface area contributed by atoms with Gasteiger partial charge in [0.2, 0.25) is 5.56 Å². The van der Waals surface area contributed by atoms with E-state index in [1.807, 2.05) is 0 Å². The second kappa shape index (κ2) is 6.92. The third-order valence-corrected chi connectivity index (χ3v) is 3.37. The Morgan fingerprint density at radius 3 is 2.71 bits per heavy atom. The molecule has 1 aromatic rings. The van der Waals surface area contributed by atoms with Crippen LogP contribution in [0.15, 0.2) is 23.0 Å². The number of aromatic amines is 1. The zero-order valence-corrected chi connectivity index (χ0v) is 11.9. The summed E-state index contributed by atoms with van der Waals surface area (Å²) in [5, 5.41) is 2.87. The van der Waals surface area contributed by atoms with Gasteiger partial charge >= 0.3 is 6.09 Å². The molecule has 0 radical (unpaired) electrons. The lowest BCUT2D eigenvalue weighted by molar-refractivity contribution is 0.0856. The summed E-state index contributed by atoms with van der Waals surface area (Å²) in [5.41, 5.74) is -0.0601. The maximum atomic E-state index is 12.0. The van der Waals surface area contributed by atoms with Gasteiger partial charge in [-0.3, -0.25) is 9.59 Å². The number of ether oxygens (including phenoxy) is 1. The van der Waals surface area contributed by atoms with Gasteiger partial charge in [-0.2, -0.15) is 0 Å². The lowest BCUT2D eigenvalue weighted by Gasteiger charge is -2.31. The number of nitrogens with zero attached hydrogens (tertiary/aromatic N) is 1. The molecular formula is C14H19N3O4. The van der Waals surface area contributed by atoms with Crippen molar-refractivity contribution in [3.8, 4) is 0 Å². The monoisotopic (exact) mass is 293 g/mol. The molecule has 0 spiro atoms. The van der Waals surface area contributed by atoms with Crippen LogP contribution in [0.1, 0.15) is 30.3 Å². The molecule has 0 aromatic carbocycles. The third-order valence-electron chi connectivity index (χ3n) is 3.37. The Labute approximate surface area is 122 Å². The fourth-order valence-corrected chi connectivity index (χ4v) is 2.26. The summed E-state index contributed by atoms with van der Waals surface area (Å²) >= 11 is 0. The Hall–Kier alpha value is -2.31. The fraction of sp³-hybridized carbons (Fsp3) is 0.500. The smallest absolute Gasteiger partial charge is 0.409 e. The molecule has 0 aliphatic carbocycles. The van der Waals surface area contributed by atoms with Crippen LogP contribution in [0.2, 0.25) is 0 Å². The van der Waals surface area contributed by atoms with E-state index in [4.69, 9.17) is 4.74 Å². The number of rotatable bonds is 3. The number of pyridine rings is 1. The molecule has 0 bridgehead atoms. The van der Waals surface area contributed by atoms with Crippen LogP contribution in [0.5, 0.6) is 0 Å². The number of piperidine rings is 1. The summed E-state index contributed by atoms with van der Waals surface area (Å²) in [6.45, 7) is 3.23. The number of carbonyl (C=O) groups is 2. The molecule has 114 valence electrons. The molecule has 7 heteroatoms. The number of carbonyl (C=O) groups excluding carboxylic acids is 2. The van der Waals surface area contributed by atoms with Gasteiger partial charge in [0, 0.05) is 25.2 Å². The number of H-pyrrole nitrogens is 1. The summed E-state index contributed by atoms with van der Waals surface area (Å²) in [6.07, 6.45) is 1.03. The van der Waals surface area contributed by atoms with E-state index in [2.05, 4.69) is 10.3 Å². The lowest BCUT2D eigenvalue weighted by Crippen LogP contribution is -2.47. The van der Waals surface area contributed by atoms with E-state index in [9.17, 15) is 14.4 Å². The normalized spacial score (nSPS) is 15.6. The molecule has 2 rings (SSSR count). The Morgan fingerprint density at radius 1 is 1.38 bits per heavy atom. The van der Waals surface area contributed by atoms with E-state index in [-0.39, 0.29) is 29.3 Å². The predicted octanol–water partition coefficient (Wildman–Crippen LogP) is 0.726. The largest absolute Gasteiger partial charge is 0.450 e. The van der Waals surface area contributed by atoms with Crippen molar-refractivity contribution in [2.24, 2.45) is 0 Å². The molecule has 0 atom stereocenters. The van der Waals surface area contributed by atoms with Crippen LogP contribution in [-0.4, -0.2) is 47.6 Å². The van der Waals surface area contributed by atoms with E-state index < -0.39 is 0 Å². The van der Waals surface area contributed by atoms with Crippen molar-refractivity contribution in [2.45, 2.75) is 25.8 Å². The number of aromatic nitrogens is 1. The first-order valence-corrected chi connectivity index (χ1v) is 7.02. The molecule has 0 unspecified atom stereocenters. The first kappa shape index (κ1) is 15.1. The second-order valence-corrected chi connectivity index (χ2v) is 4.86. The zero-order valence-electron chi connectivity index (χ0n) is 11.9. The van der Waals surface area contributed by atoms with Crippen LogP contribution in [0, 0.1) is 0 Å². The van der Waals surface area contributed by atoms with Crippen LogP contribution >= 0.6 is 0 Å². The number of hydrogen-bond acceptors (Lipinski definition) is 4. The summed E-state index contributed by atoms with van der Waals surface area (Å²) in [7, 11) is 0. The summed E-state index contributed by atoms with van der Waals surface area (Å²) in [4.78, 5) is 38.9. The van der Waals surface area contributed by atoms with Gasteiger partial charge in [-0.05, 0) is 25.8 Å². The maximum Gasteiger partial charge on any atom is 0.409 e. The van der Waals surface area contributed by atoms with E-state index in [1.54, 1.807) is 17.9 Å². The first-order valence-electron chi connectivity index (χ1n) is 7.02. The highest BCUT2D eigenvalue weighted by Gasteiger charge is 2.24. The van der Waals surface area contributed by atoms with Crippen LogP contribution < -0.4 is 10.9 Å². The SMILES string of the molecule is CCOC(=O)N1CCC(NC(=O)c2cccc(=O)[nH]2)CC1. The predicted molar refractivity (Wildman–Crippen MR) is 76.1 cm³/mol. The molecule has 0 saturated carbocycles. The Kier molecular flexibility index (Phi) is 4.97. The summed E-state index contributed by atoms with van der Waals surface area (Å²) < 4.78 is 4.94. The highest BCUT2D eigenvalue weighted by atomic mass is 16.6. The summed E-state index contributed by atoms with van der Waals surface area (Å²) in [5.74, 6) is -0.303. The average molecular weight is 293 g/mol. The topological polar surface area (TPSA) is 91.5 Å². The minimum absolute atomic E-state index is 0.00751. The minimum Gasteiger partial charge on any atom is -0.450 e. The van der Waals surface area contributed by atoms with Gasteiger partial charge in [-0.15, -0.1) is 0 Å². The fourth-order valence-electron chi connectivity index (χ4n) is 2.26. The Morgan fingerprint density at radius 2 is 2.10 bits per heavy atom. The van der Waals surface area contributed by atoms with Crippen molar-refractivity contribution in [3.05, 3.63) is 34.2 Å². The molecule has 1 aliphatic heterocycles. The van der Waals surface area contributed by atoms with Crippen molar-refractivity contribution in [1.82, 2.24) is 15.2 Å². The molecule has 1 aliphatic rings. The number of nitrogens with one attached hydrogen (secondary N) is 2. The van der Waals surface area contributed by atoms with Crippen molar-refractivity contribution in [3.63, 3.8) is 0 Å². The highest BCUT2D eigenvalue weighted by molar-refractivity contribution is 5.92. The first-order chi connectivity index (χ1) is 10.1. The van der Waals surface area contributed by atoms with Crippen molar-refractivity contribution >= 4 is 12.0 Å².